The minimum atomic E-state index is -1.12. The van der Waals surface area contributed by atoms with Crippen LogP contribution in [0.5, 0.6) is 0 Å². The van der Waals surface area contributed by atoms with Gasteiger partial charge in [0.1, 0.15) is 12.1 Å². The van der Waals surface area contributed by atoms with Crippen LogP contribution in [0.15, 0.2) is 0 Å². The minimum absolute atomic E-state index is 0.210. The highest BCUT2D eigenvalue weighted by molar-refractivity contribution is 5.87. The normalized spacial score (nSPS) is 12.6. The number of hydrogen-bond acceptors (Lipinski definition) is 4. The number of amides is 1. The fraction of sp³-hybridized carbons (Fsp3) is 0.921. The topological polar surface area (TPSA) is 92.7 Å². The van der Waals surface area contributed by atoms with Gasteiger partial charge >= 0.3 is 11.9 Å². The van der Waals surface area contributed by atoms with E-state index in [-0.39, 0.29) is 12.0 Å². The van der Waals surface area contributed by atoms with E-state index in [4.69, 9.17) is 4.74 Å². The number of carboxylic acids is 1. The number of esters is 1. The monoisotopic (exact) mass is 624 g/mol. The molecule has 0 aromatic heterocycles. The summed E-state index contributed by atoms with van der Waals surface area (Å²) in [6.07, 6.45) is 32.7. The Bertz CT molecular complexity index is 668. The zero-order valence-corrected chi connectivity index (χ0v) is 29.4. The second-order valence-electron chi connectivity index (χ2n) is 13.2. The van der Waals surface area contributed by atoms with Crippen LogP contribution in [0, 0.1) is 0 Å². The Kier molecular flexibility index (Phi) is 31.6. The van der Waals surface area contributed by atoms with Gasteiger partial charge in [-0.3, -0.25) is 9.59 Å². The molecule has 0 bridgehead atoms. The van der Waals surface area contributed by atoms with E-state index in [1.165, 1.54) is 122 Å². The van der Waals surface area contributed by atoms with Gasteiger partial charge in [-0.05, 0) is 32.1 Å². The van der Waals surface area contributed by atoms with Crippen LogP contribution in [-0.4, -0.2) is 35.1 Å². The maximum absolute atomic E-state index is 13.1. The molecule has 0 saturated carbocycles. The number of carbonyl (C=O) groups excluding carboxylic acids is 2. The Morgan fingerprint density at radius 1 is 0.523 bits per heavy atom. The summed E-state index contributed by atoms with van der Waals surface area (Å²) in [6, 6.07) is -1.12. The molecule has 0 rings (SSSR count). The van der Waals surface area contributed by atoms with Crippen LogP contribution in [0.1, 0.15) is 213 Å². The van der Waals surface area contributed by atoms with Crippen molar-refractivity contribution >= 4 is 17.8 Å². The van der Waals surface area contributed by atoms with E-state index in [0.717, 1.165) is 57.8 Å². The lowest BCUT2D eigenvalue weighted by Gasteiger charge is -2.22. The first-order valence-corrected chi connectivity index (χ1v) is 19.2. The summed E-state index contributed by atoms with van der Waals surface area (Å²) in [6.45, 7) is 6.70. The minimum Gasteiger partial charge on any atom is -0.481 e. The average Bonchev–Trinajstić information content (AvgIpc) is 2.99. The SMILES string of the molecule is CCCCCCCCCCCCCC(=O)N[C@@H](CC(=O)O)C(=O)OC(CCCCCCCC)CCCCCCCCCCC. The standard InChI is InChI=1S/C38H73NO5/c1-4-7-10-13-16-18-19-21-23-26-29-32-36(40)39-35(33-37(41)42)38(43)44-34(30-27-24-15-12-9-6-3)31-28-25-22-20-17-14-11-8-5-2/h34-35H,4-33H2,1-3H3,(H,39,40)(H,41,42)/t34?,35-/m0/s1. The molecule has 0 aromatic rings. The van der Waals surface area contributed by atoms with E-state index in [1.807, 2.05) is 0 Å². The van der Waals surface area contributed by atoms with Crippen LogP contribution >= 0.6 is 0 Å². The van der Waals surface area contributed by atoms with Gasteiger partial charge in [0.25, 0.3) is 0 Å². The van der Waals surface area contributed by atoms with E-state index in [1.54, 1.807) is 0 Å². The van der Waals surface area contributed by atoms with Crippen LogP contribution in [0.25, 0.3) is 0 Å². The van der Waals surface area contributed by atoms with Gasteiger partial charge in [-0.2, -0.15) is 0 Å². The molecule has 260 valence electrons. The van der Waals surface area contributed by atoms with Crippen LogP contribution in [0.2, 0.25) is 0 Å². The highest BCUT2D eigenvalue weighted by Gasteiger charge is 2.27. The summed E-state index contributed by atoms with van der Waals surface area (Å²) >= 11 is 0. The van der Waals surface area contributed by atoms with Gasteiger partial charge < -0.3 is 15.2 Å². The summed E-state index contributed by atoms with van der Waals surface area (Å²) in [5.74, 6) is -1.95. The molecule has 0 saturated heterocycles. The third-order valence-electron chi connectivity index (χ3n) is 8.80. The number of ether oxygens (including phenoxy) is 1. The van der Waals surface area contributed by atoms with Gasteiger partial charge in [-0.15, -0.1) is 0 Å². The molecular weight excluding hydrogens is 550 g/mol. The van der Waals surface area contributed by atoms with Crippen LogP contribution in [-0.2, 0) is 19.1 Å². The van der Waals surface area contributed by atoms with E-state index in [0.29, 0.717) is 6.42 Å². The van der Waals surface area contributed by atoms with Crippen molar-refractivity contribution in [1.29, 1.82) is 0 Å². The summed E-state index contributed by atoms with van der Waals surface area (Å²) in [7, 11) is 0. The number of carbonyl (C=O) groups is 3. The van der Waals surface area contributed by atoms with Crippen molar-refractivity contribution in [2.75, 3.05) is 0 Å². The lowest BCUT2D eigenvalue weighted by atomic mass is 10.0. The number of hydrogen-bond donors (Lipinski definition) is 2. The first-order chi connectivity index (χ1) is 21.4. The Balaban J connectivity index is 4.58. The van der Waals surface area contributed by atoms with Crippen molar-refractivity contribution in [3.05, 3.63) is 0 Å². The van der Waals surface area contributed by atoms with Crippen molar-refractivity contribution in [3.63, 3.8) is 0 Å². The average molecular weight is 624 g/mol. The third kappa shape index (κ3) is 29.1. The molecule has 0 radical (unpaired) electrons. The molecule has 2 N–H and O–H groups in total. The number of carboxylic acid groups (broad SMARTS) is 1. The van der Waals surface area contributed by atoms with E-state index >= 15 is 0 Å². The van der Waals surface area contributed by atoms with Gasteiger partial charge in [-0.1, -0.05) is 168 Å². The van der Waals surface area contributed by atoms with E-state index < -0.39 is 24.4 Å². The van der Waals surface area contributed by atoms with Crippen molar-refractivity contribution in [1.82, 2.24) is 5.32 Å². The summed E-state index contributed by atoms with van der Waals surface area (Å²) in [5.41, 5.74) is 0. The van der Waals surface area contributed by atoms with Crippen molar-refractivity contribution in [2.45, 2.75) is 226 Å². The van der Waals surface area contributed by atoms with Crippen LogP contribution in [0.4, 0.5) is 0 Å². The van der Waals surface area contributed by atoms with Crippen molar-refractivity contribution in [3.8, 4) is 0 Å². The Morgan fingerprint density at radius 2 is 0.864 bits per heavy atom. The van der Waals surface area contributed by atoms with Gasteiger partial charge in [-0.25, -0.2) is 4.79 Å². The maximum Gasteiger partial charge on any atom is 0.329 e. The maximum atomic E-state index is 13.1. The highest BCUT2D eigenvalue weighted by Crippen LogP contribution is 2.19. The first-order valence-electron chi connectivity index (χ1n) is 19.2. The number of rotatable bonds is 34. The molecule has 2 atom stereocenters. The number of nitrogens with one attached hydrogen (secondary N) is 1. The van der Waals surface area contributed by atoms with Gasteiger partial charge in [0.15, 0.2) is 0 Å². The van der Waals surface area contributed by atoms with Gasteiger partial charge in [0.2, 0.25) is 5.91 Å². The zero-order valence-electron chi connectivity index (χ0n) is 29.4. The lowest BCUT2D eigenvalue weighted by molar-refractivity contribution is -0.156. The summed E-state index contributed by atoms with van der Waals surface area (Å²) < 4.78 is 5.91. The van der Waals surface area contributed by atoms with Gasteiger partial charge in [0, 0.05) is 6.42 Å². The molecule has 6 heteroatoms. The molecule has 6 nitrogen and oxygen atoms in total. The van der Waals surface area contributed by atoms with Gasteiger partial charge in [0.05, 0.1) is 6.42 Å². The predicted octanol–water partition coefficient (Wildman–Crippen LogP) is 11.2. The second kappa shape index (κ2) is 32.8. The fourth-order valence-corrected chi connectivity index (χ4v) is 5.93. The quantitative estimate of drug-likeness (QED) is 0.0549. The molecule has 44 heavy (non-hydrogen) atoms. The molecule has 0 aliphatic heterocycles. The summed E-state index contributed by atoms with van der Waals surface area (Å²) in [4.78, 5) is 37.3. The highest BCUT2D eigenvalue weighted by atomic mass is 16.5. The molecule has 0 fully saturated rings. The molecular formula is C38H73NO5. The number of aliphatic carboxylic acids is 1. The fourth-order valence-electron chi connectivity index (χ4n) is 5.93. The molecule has 0 spiro atoms. The lowest BCUT2D eigenvalue weighted by Crippen LogP contribution is -2.44. The molecule has 1 amide bonds. The second-order valence-corrected chi connectivity index (χ2v) is 13.2. The van der Waals surface area contributed by atoms with Crippen molar-refractivity contribution in [2.24, 2.45) is 0 Å². The van der Waals surface area contributed by atoms with Crippen LogP contribution in [0.3, 0.4) is 0 Å². The predicted molar refractivity (Wildman–Crippen MR) is 185 cm³/mol. The zero-order chi connectivity index (χ0) is 32.5. The Hall–Kier alpha value is -1.59. The van der Waals surface area contributed by atoms with Crippen LogP contribution < -0.4 is 5.32 Å². The van der Waals surface area contributed by atoms with E-state index in [9.17, 15) is 19.5 Å². The number of unbranched alkanes of at least 4 members (excludes halogenated alkanes) is 23. The van der Waals surface area contributed by atoms with Crippen molar-refractivity contribution < 1.29 is 24.2 Å². The molecule has 0 heterocycles. The van der Waals surface area contributed by atoms with E-state index in [2.05, 4.69) is 26.1 Å². The molecule has 0 aliphatic carbocycles. The largest absolute Gasteiger partial charge is 0.481 e. The molecule has 0 aliphatic rings. The Morgan fingerprint density at radius 3 is 1.23 bits per heavy atom. The Labute approximate surface area is 272 Å². The molecule has 1 unspecified atom stereocenters. The summed E-state index contributed by atoms with van der Waals surface area (Å²) in [5, 5.41) is 12.1. The third-order valence-corrected chi connectivity index (χ3v) is 8.80. The smallest absolute Gasteiger partial charge is 0.329 e. The molecule has 0 aromatic carbocycles. The first kappa shape index (κ1) is 42.4.